The topological polar surface area (TPSA) is 80.9 Å². The lowest BCUT2D eigenvalue weighted by Gasteiger charge is -2.22. The Morgan fingerprint density at radius 2 is 1.75 bits per heavy atom. The van der Waals surface area contributed by atoms with E-state index < -0.39 is 5.54 Å². The quantitative estimate of drug-likeness (QED) is 0.636. The number of carbonyl (C=O) groups is 1. The van der Waals surface area contributed by atoms with Gasteiger partial charge in [0.1, 0.15) is 9.88 Å². The van der Waals surface area contributed by atoms with Crippen molar-refractivity contribution in [2.45, 2.75) is 52.5 Å². The van der Waals surface area contributed by atoms with Gasteiger partial charge in [-0.15, -0.1) is 11.3 Å². The number of nitrogens with one attached hydrogen (secondary N) is 1. The molecule has 0 atom stereocenters. The Labute approximate surface area is 173 Å². The summed E-state index contributed by atoms with van der Waals surface area (Å²) in [5.74, 6) is 0.747. The van der Waals surface area contributed by atoms with Crippen molar-refractivity contribution in [3.8, 4) is 10.6 Å². The Balaban J connectivity index is 1.82. The summed E-state index contributed by atoms with van der Waals surface area (Å²) in [6.07, 6.45) is 0. The molecule has 0 aliphatic heterocycles. The third-order valence-electron chi connectivity index (χ3n) is 4.15. The van der Waals surface area contributed by atoms with E-state index in [1.165, 1.54) is 11.3 Å². The van der Waals surface area contributed by atoms with E-state index in [2.05, 4.69) is 20.4 Å². The molecule has 0 saturated heterocycles. The Hall–Kier alpha value is -2.25. The summed E-state index contributed by atoms with van der Waals surface area (Å²) in [6.45, 7) is 11.5. The van der Waals surface area contributed by atoms with Gasteiger partial charge in [0.15, 0.2) is 5.82 Å². The molecule has 148 valence electrons. The molecule has 0 radical (unpaired) electrons. The highest BCUT2D eigenvalue weighted by molar-refractivity contribution is 7.17. The first-order chi connectivity index (χ1) is 13.0. The summed E-state index contributed by atoms with van der Waals surface area (Å²) in [6, 6.07) is 7.39. The van der Waals surface area contributed by atoms with Gasteiger partial charge in [0, 0.05) is 16.0 Å². The van der Waals surface area contributed by atoms with Crippen LogP contribution in [0.3, 0.4) is 0 Å². The van der Waals surface area contributed by atoms with Crippen LogP contribution in [0.1, 0.15) is 61.7 Å². The zero-order valence-corrected chi connectivity index (χ0v) is 18.3. The van der Waals surface area contributed by atoms with E-state index in [-0.39, 0.29) is 11.3 Å². The molecule has 0 aliphatic carbocycles. The molecule has 0 saturated carbocycles. The van der Waals surface area contributed by atoms with Crippen LogP contribution >= 0.6 is 22.9 Å². The van der Waals surface area contributed by atoms with Gasteiger partial charge < -0.3 is 9.84 Å². The fourth-order valence-electron chi connectivity index (χ4n) is 2.50. The van der Waals surface area contributed by atoms with Gasteiger partial charge in [-0.25, -0.2) is 4.98 Å². The number of halogens is 1. The average Bonchev–Trinajstić information content (AvgIpc) is 3.22. The van der Waals surface area contributed by atoms with Gasteiger partial charge in [0.25, 0.3) is 5.91 Å². The van der Waals surface area contributed by atoms with Gasteiger partial charge in [-0.3, -0.25) is 4.79 Å². The van der Waals surface area contributed by atoms with Crippen molar-refractivity contribution in [2.24, 2.45) is 0 Å². The summed E-state index contributed by atoms with van der Waals surface area (Å²) < 4.78 is 5.37. The van der Waals surface area contributed by atoms with Crippen molar-refractivity contribution < 1.29 is 9.32 Å². The molecule has 6 nitrogen and oxygen atoms in total. The molecule has 3 rings (SSSR count). The number of aromatic nitrogens is 3. The molecule has 1 amide bonds. The Morgan fingerprint density at radius 3 is 2.32 bits per heavy atom. The summed E-state index contributed by atoms with van der Waals surface area (Å²) in [5, 5.41) is 8.48. The van der Waals surface area contributed by atoms with Gasteiger partial charge in [-0.2, -0.15) is 4.98 Å². The maximum absolute atomic E-state index is 12.9. The highest BCUT2D eigenvalue weighted by Gasteiger charge is 2.32. The zero-order chi connectivity index (χ0) is 20.7. The molecule has 1 N–H and O–H groups in total. The van der Waals surface area contributed by atoms with Crippen LogP contribution in [0.4, 0.5) is 0 Å². The molecule has 2 aromatic heterocycles. The molecule has 0 unspecified atom stereocenters. The second-order valence-corrected chi connectivity index (χ2v) is 9.63. The first-order valence-corrected chi connectivity index (χ1v) is 10.1. The van der Waals surface area contributed by atoms with Crippen molar-refractivity contribution in [3.63, 3.8) is 0 Å². The smallest absolute Gasteiger partial charge is 0.264 e. The fraction of sp³-hybridized carbons (Fsp3) is 0.400. The maximum Gasteiger partial charge on any atom is 0.264 e. The third-order valence-corrected chi connectivity index (χ3v) is 5.60. The molecule has 0 bridgehead atoms. The number of thiazole rings is 1. The van der Waals surface area contributed by atoms with Crippen LogP contribution < -0.4 is 5.32 Å². The van der Waals surface area contributed by atoms with E-state index in [0.29, 0.717) is 27.3 Å². The molecule has 8 heteroatoms. The number of hydrogen-bond acceptors (Lipinski definition) is 6. The van der Waals surface area contributed by atoms with Crippen LogP contribution in [0.2, 0.25) is 5.02 Å². The van der Waals surface area contributed by atoms with Crippen LogP contribution in [0.15, 0.2) is 28.8 Å². The number of carbonyl (C=O) groups excluding carboxylic acids is 1. The maximum atomic E-state index is 12.9. The summed E-state index contributed by atoms with van der Waals surface area (Å²) in [5.41, 5.74) is 0.546. The van der Waals surface area contributed by atoms with Crippen LogP contribution in [-0.2, 0) is 11.0 Å². The van der Waals surface area contributed by atoms with Gasteiger partial charge in [-0.05, 0) is 32.9 Å². The molecule has 3 aromatic rings. The van der Waals surface area contributed by atoms with E-state index in [9.17, 15) is 4.79 Å². The normalized spacial score (nSPS) is 12.2. The highest BCUT2D eigenvalue weighted by Crippen LogP contribution is 2.30. The van der Waals surface area contributed by atoms with Crippen LogP contribution in [0.5, 0.6) is 0 Å². The van der Waals surface area contributed by atoms with Crippen molar-refractivity contribution >= 4 is 28.8 Å². The van der Waals surface area contributed by atoms with Crippen LogP contribution in [-0.4, -0.2) is 21.0 Å². The number of rotatable bonds is 4. The Bertz CT molecular complexity index is 1000. The molecule has 2 heterocycles. The van der Waals surface area contributed by atoms with Crippen molar-refractivity contribution in [2.75, 3.05) is 0 Å². The molecule has 28 heavy (non-hydrogen) atoms. The van der Waals surface area contributed by atoms with E-state index in [0.717, 1.165) is 10.6 Å². The lowest BCUT2D eigenvalue weighted by atomic mass is 9.97. The van der Waals surface area contributed by atoms with E-state index in [4.69, 9.17) is 16.1 Å². The first-order valence-electron chi connectivity index (χ1n) is 8.88. The lowest BCUT2D eigenvalue weighted by Crippen LogP contribution is -2.41. The van der Waals surface area contributed by atoms with Crippen LogP contribution in [0, 0.1) is 6.92 Å². The predicted octanol–water partition coefficient (Wildman–Crippen LogP) is 5.12. The fourth-order valence-corrected chi connectivity index (χ4v) is 3.59. The van der Waals surface area contributed by atoms with E-state index >= 15 is 0 Å². The molecule has 1 aromatic carbocycles. The molecular formula is C20H23ClN4O2S. The van der Waals surface area contributed by atoms with Gasteiger partial charge in [-0.1, -0.05) is 49.7 Å². The SMILES string of the molecule is Cc1nc(-c2ccc(Cl)cc2)sc1C(=O)NC(C)(C)c1noc(C(C)(C)C)n1. The zero-order valence-electron chi connectivity index (χ0n) is 16.8. The molecule has 0 spiro atoms. The largest absolute Gasteiger partial charge is 0.339 e. The van der Waals surface area contributed by atoms with Crippen molar-refractivity contribution in [3.05, 3.63) is 51.6 Å². The Kier molecular flexibility index (Phi) is 5.34. The number of amides is 1. The predicted molar refractivity (Wildman–Crippen MR) is 111 cm³/mol. The Morgan fingerprint density at radius 1 is 1.11 bits per heavy atom. The highest BCUT2D eigenvalue weighted by atomic mass is 35.5. The summed E-state index contributed by atoms with van der Waals surface area (Å²) >= 11 is 7.29. The monoisotopic (exact) mass is 418 g/mol. The molecule has 0 aliphatic rings. The minimum Gasteiger partial charge on any atom is -0.339 e. The van der Waals surface area contributed by atoms with Crippen molar-refractivity contribution in [1.29, 1.82) is 0 Å². The third kappa shape index (κ3) is 4.25. The van der Waals surface area contributed by atoms with Crippen LogP contribution in [0.25, 0.3) is 10.6 Å². The number of hydrogen-bond donors (Lipinski definition) is 1. The van der Waals surface area contributed by atoms with Crippen molar-refractivity contribution in [1.82, 2.24) is 20.4 Å². The molecule has 0 fully saturated rings. The second-order valence-electron chi connectivity index (χ2n) is 8.19. The average molecular weight is 419 g/mol. The van der Waals surface area contributed by atoms with Gasteiger partial charge in [0.05, 0.1) is 11.2 Å². The standard InChI is InChI=1S/C20H23ClN4O2S/c1-11-14(28-16(22-11)12-7-9-13(21)10-8-12)15(26)24-20(5,6)17-23-18(27-25-17)19(2,3)4/h7-10H,1-6H3,(H,24,26). The number of benzene rings is 1. The second kappa shape index (κ2) is 7.29. The lowest BCUT2D eigenvalue weighted by molar-refractivity contribution is 0.0911. The first kappa shape index (κ1) is 20.5. The van der Waals surface area contributed by atoms with E-state index in [1.54, 1.807) is 12.1 Å². The summed E-state index contributed by atoms with van der Waals surface area (Å²) in [4.78, 5) is 22.5. The van der Waals surface area contributed by atoms with Gasteiger partial charge in [0.2, 0.25) is 5.89 Å². The minimum absolute atomic E-state index is 0.220. The van der Waals surface area contributed by atoms with Gasteiger partial charge >= 0.3 is 0 Å². The molecular weight excluding hydrogens is 396 g/mol. The minimum atomic E-state index is -0.791. The number of nitrogens with zero attached hydrogens (tertiary/aromatic N) is 3. The van der Waals surface area contributed by atoms with E-state index in [1.807, 2.05) is 53.7 Å². The number of aryl methyl sites for hydroxylation is 1. The summed E-state index contributed by atoms with van der Waals surface area (Å²) in [7, 11) is 0.